The molecule has 3 nitrogen and oxygen atoms in total. The van der Waals surface area contributed by atoms with E-state index in [1.54, 1.807) is 0 Å². The smallest absolute Gasteiger partial charge is 0.124 e. The van der Waals surface area contributed by atoms with Gasteiger partial charge in [0.2, 0.25) is 0 Å². The van der Waals surface area contributed by atoms with E-state index >= 15 is 0 Å². The number of hydrogen-bond acceptors (Lipinski definition) is 3. The van der Waals surface area contributed by atoms with E-state index in [9.17, 15) is 0 Å². The van der Waals surface area contributed by atoms with Crippen LogP contribution < -0.4 is 10.1 Å². The van der Waals surface area contributed by atoms with E-state index in [1.165, 1.54) is 0 Å². The Morgan fingerprint density at radius 1 is 1.27 bits per heavy atom. The average Bonchev–Trinajstić information content (AvgIpc) is 2.29. The number of hydrogen-bond donors (Lipinski definition) is 2. The number of nitrogens with one attached hydrogen (secondary N) is 1. The van der Waals surface area contributed by atoms with Crippen LogP contribution >= 0.6 is 0 Å². The molecule has 84 valence electrons. The molecule has 0 saturated heterocycles. The quantitative estimate of drug-likeness (QED) is 0.670. The van der Waals surface area contributed by atoms with E-state index < -0.39 is 0 Å². The predicted octanol–water partition coefficient (Wildman–Crippen LogP) is 1.56. The highest BCUT2D eigenvalue weighted by Gasteiger charge is 2.00. The maximum Gasteiger partial charge on any atom is 0.124 e. The van der Waals surface area contributed by atoms with Crippen LogP contribution in [0.2, 0.25) is 0 Å². The van der Waals surface area contributed by atoms with Crippen molar-refractivity contribution in [1.82, 2.24) is 5.32 Å². The Kier molecular flexibility index (Phi) is 5.81. The molecule has 2 N–H and O–H groups in total. The van der Waals surface area contributed by atoms with Crippen molar-refractivity contribution >= 4 is 0 Å². The molecule has 0 radical (unpaired) electrons. The number of aliphatic hydroxyl groups excluding tert-OH is 1. The number of rotatable bonds is 7. The third-order valence-corrected chi connectivity index (χ3v) is 2.11. The van der Waals surface area contributed by atoms with Crippen LogP contribution in [0.4, 0.5) is 0 Å². The summed E-state index contributed by atoms with van der Waals surface area (Å²) in [6.07, 6.45) is 1.13. The average molecular weight is 209 g/mol. The van der Waals surface area contributed by atoms with Crippen molar-refractivity contribution in [3.63, 3.8) is 0 Å². The van der Waals surface area contributed by atoms with Gasteiger partial charge in [-0.2, -0.15) is 0 Å². The molecule has 0 spiro atoms. The summed E-state index contributed by atoms with van der Waals surface area (Å²) in [7, 11) is 0. The van der Waals surface area contributed by atoms with Gasteiger partial charge in [0, 0.05) is 12.1 Å². The van der Waals surface area contributed by atoms with E-state index in [4.69, 9.17) is 9.84 Å². The van der Waals surface area contributed by atoms with Crippen molar-refractivity contribution in [2.75, 3.05) is 19.7 Å². The summed E-state index contributed by atoms with van der Waals surface area (Å²) in [5.74, 6) is 0.776. The summed E-state index contributed by atoms with van der Waals surface area (Å²) in [6, 6.07) is 7.56. The summed E-state index contributed by atoms with van der Waals surface area (Å²) in [5, 5.41) is 12.3. The second kappa shape index (κ2) is 7.26. The lowest BCUT2D eigenvalue weighted by Crippen LogP contribution is -2.21. The van der Waals surface area contributed by atoms with Crippen molar-refractivity contribution in [1.29, 1.82) is 0 Å². The molecule has 0 amide bonds. The molecule has 0 fully saturated rings. The van der Waals surface area contributed by atoms with Crippen molar-refractivity contribution in [2.45, 2.75) is 20.0 Å². The second-order valence-corrected chi connectivity index (χ2v) is 3.36. The van der Waals surface area contributed by atoms with Gasteiger partial charge in [0.1, 0.15) is 12.4 Å². The van der Waals surface area contributed by atoms with Crippen molar-refractivity contribution < 1.29 is 9.84 Å². The normalized spacial score (nSPS) is 10.3. The van der Waals surface area contributed by atoms with E-state index in [2.05, 4.69) is 12.2 Å². The predicted molar refractivity (Wildman–Crippen MR) is 61.0 cm³/mol. The van der Waals surface area contributed by atoms with Crippen LogP contribution in [0.5, 0.6) is 5.75 Å². The standard InChI is InChI=1S/C12H19NO2/c1-2-7-13-8-9-15-12-6-4-3-5-11(12)10-14/h3-6,13-14H,2,7-10H2,1H3. The van der Waals surface area contributed by atoms with Gasteiger partial charge >= 0.3 is 0 Å². The van der Waals surface area contributed by atoms with Gasteiger partial charge in [-0.25, -0.2) is 0 Å². The Balaban J connectivity index is 2.30. The van der Waals surface area contributed by atoms with Crippen LogP contribution in [0, 0.1) is 0 Å². The van der Waals surface area contributed by atoms with Crippen LogP contribution in [-0.2, 0) is 6.61 Å². The molecule has 1 rings (SSSR count). The summed E-state index contributed by atoms with van der Waals surface area (Å²) >= 11 is 0. The first kappa shape index (κ1) is 12.0. The summed E-state index contributed by atoms with van der Waals surface area (Å²) in [4.78, 5) is 0. The van der Waals surface area contributed by atoms with Crippen LogP contribution in [0.3, 0.4) is 0 Å². The molecule has 0 heterocycles. The summed E-state index contributed by atoms with van der Waals surface area (Å²) in [5.41, 5.74) is 0.841. The lowest BCUT2D eigenvalue weighted by molar-refractivity contribution is 0.262. The lowest BCUT2D eigenvalue weighted by atomic mass is 10.2. The van der Waals surface area contributed by atoms with Crippen LogP contribution in [0.1, 0.15) is 18.9 Å². The van der Waals surface area contributed by atoms with Gasteiger partial charge in [-0.1, -0.05) is 25.1 Å². The van der Waals surface area contributed by atoms with Crippen molar-refractivity contribution in [3.8, 4) is 5.75 Å². The van der Waals surface area contributed by atoms with Crippen LogP contribution in [0.15, 0.2) is 24.3 Å². The van der Waals surface area contributed by atoms with Crippen molar-refractivity contribution in [2.24, 2.45) is 0 Å². The first-order valence-electron chi connectivity index (χ1n) is 5.40. The SMILES string of the molecule is CCCNCCOc1ccccc1CO. The fourth-order valence-electron chi connectivity index (χ4n) is 1.31. The maximum absolute atomic E-state index is 9.06. The minimum Gasteiger partial charge on any atom is -0.492 e. The molecule has 0 aliphatic heterocycles. The lowest BCUT2D eigenvalue weighted by Gasteiger charge is -2.09. The molecule has 0 aromatic heterocycles. The van der Waals surface area contributed by atoms with Gasteiger partial charge in [0.25, 0.3) is 0 Å². The highest BCUT2D eigenvalue weighted by molar-refractivity contribution is 5.32. The van der Waals surface area contributed by atoms with Crippen molar-refractivity contribution in [3.05, 3.63) is 29.8 Å². The molecule has 1 aromatic carbocycles. The zero-order valence-electron chi connectivity index (χ0n) is 9.20. The highest BCUT2D eigenvalue weighted by Crippen LogP contribution is 2.17. The number of ether oxygens (including phenoxy) is 1. The molecular formula is C12H19NO2. The molecule has 1 aromatic rings. The van der Waals surface area contributed by atoms with E-state index in [-0.39, 0.29) is 6.61 Å². The molecule has 0 unspecified atom stereocenters. The molecule has 0 aliphatic rings. The number of aliphatic hydroxyl groups is 1. The van der Waals surface area contributed by atoms with Gasteiger partial charge in [-0.3, -0.25) is 0 Å². The second-order valence-electron chi connectivity index (χ2n) is 3.36. The third kappa shape index (κ3) is 4.32. The van der Waals surface area contributed by atoms with Crippen LogP contribution in [-0.4, -0.2) is 24.8 Å². The van der Waals surface area contributed by atoms with Crippen LogP contribution in [0.25, 0.3) is 0 Å². The van der Waals surface area contributed by atoms with Gasteiger partial charge < -0.3 is 15.2 Å². The topological polar surface area (TPSA) is 41.5 Å². The van der Waals surface area contributed by atoms with E-state index in [0.717, 1.165) is 30.8 Å². The van der Waals surface area contributed by atoms with E-state index in [1.807, 2.05) is 24.3 Å². The highest BCUT2D eigenvalue weighted by atomic mass is 16.5. The first-order valence-corrected chi connectivity index (χ1v) is 5.40. The summed E-state index contributed by atoms with van der Waals surface area (Å²) < 4.78 is 5.55. The maximum atomic E-state index is 9.06. The van der Waals surface area contributed by atoms with E-state index in [0.29, 0.717) is 6.61 Å². The minimum atomic E-state index is 0.0264. The summed E-state index contributed by atoms with van der Waals surface area (Å²) in [6.45, 7) is 4.66. The Morgan fingerprint density at radius 2 is 2.07 bits per heavy atom. The molecule has 0 bridgehead atoms. The largest absolute Gasteiger partial charge is 0.492 e. The van der Waals surface area contributed by atoms with Gasteiger partial charge in [-0.05, 0) is 19.0 Å². The molecule has 3 heteroatoms. The van der Waals surface area contributed by atoms with Gasteiger partial charge in [-0.15, -0.1) is 0 Å². The van der Waals surface area contributed by atoms with Gasteiger partial charge in [0.15, 0.2) is 0 Å². The zero-order chi connectivity index (χ0) is 10.9. The molecule has 15 heavy (non-hydrogen) atoms. The fourth-order valence-corrected chi connectivity index (χ4v) is 1.31. The zero-order valence-corrected chi connectivity index (χ0v) is 9.20. The molecular weight excluding hydrogens is 190 g/mol. The third-order valence-electron chi connectivity index (χ3n) is 2.11. The minimum absolute atomic E-state index is 0.0264. The Morgan fingerprint density at radius 3 is 2.80 bits per heavy atom. The Hall–Kier alpha value is -1.06. The molecule has 0 aliphatic carbocycles. The Labute approximate surface area is 91.1 Å². The first-order chi connectivity index (χ1) is 7.38. The van der Waals surface area contributed by atoms with Gasteiger partial charge in [0.05, 0.1) is 6.61 Å². The Bertz CT molecular complexity index is 276. The fraction of sp³-hybridized carbons (Fsp3) is 0.500. The number of para-hydroxylation sites is 1. The molecule has 0 saturated carbocycles. The monoisotopic (exact) mass is 209 g/mol. The number of benzene rings is 1. The molecule has 0 atom stereocenters.